The van der Waals surface area contributed by atoms with Gasteiger partial charge in [0.05, 0.1) is 22.5 Å². The molecule has 2 aliphatic rings. The molecule has 0 saturated carbocycles. The molecule has 0 radical (unpaired) electrons. The SMILES string of the molecule is CC(C)=CCC/C(C)=C/CC/C(C)=C/CN1C(=O)C2=CCCC(OC(=O)c3ccc(N(C)C)cc3)=C2Nc2c(O)cc(O)cc21. The summed E-state index contributed by atoms with van der Waals surface area (Å²) >= 11 is 0. The summed E-state index contributed by atoms with van der Waals surface area (Å²) in [6.45, 7) is 8.67. The van der Waals surface area contributed by atoms with Crippen molar-refractivity contribution in [2.75, 3.05) is 35.8 Å². The summed E-state index contributed by atoms with van der Waals surface area (Å²) in [6, 6.07) is 9.76. The van der Waals surface area contributed by atoms with Crippen LogP contribution in [0.25, 0.3) is 0 Å². The molecular formula is C37H45N3O5. The number of amides is 1. The minimum atomic E-state index is -0.533. The zero-order chi connectivity index (χ0) is 32.7. The second-order valence-electron chi connectivity index (χ2n) is 12.1. The zero-order valence-corrected chi connectivity index (χ0v) is 27.2. The lowest BCUT2D eigenvalue weighted by molar-refractivity contribution is -0.114. The van der Waals surface area contributed by atoms with E-state index in [2.05, 4.69) is 38.2 Å². The number of phenolic OH excluding ortho intramolecular Hbond substituents is 2. The van der Waals surface area contributed by atoms with Crippen molar-refractivity contribution in [2.45, 2.75) is 66.2 Å². The van der Waals surface area contributed by atoms with Crippen molar-refractivity contribution in [3.05, 3.63) is 100 Å². The third kappa shape index (κ3) is 8.47. The maximum absolute atomic E-state index is 14.1. The third-order valence-electron chi connectivity index (χ3n) is 7.95. The van der Waals surface area contributed by atoms with Crippen LogP contribution in [0.5, 0.6) is 11.5 Å². The molecule has 1 amide bonds. The average molecular weight is 612 g/mol. The highest BCUT2D eigenvalue weighted by molar-refractivity contribution is 6.13. The maximum atomic E-state index is 14.1. The Hall–Kier alpha value is -4.72. The molecule has 0 atom stereocenters. The molecule has 0 saturated heterocycles. The molecule has 4 rings (SSSR count). The van der Waals surface area contributed by atoms with E-state index in [1.807, 2.05) is 50.2 Å². The van der Waals surface area contributed by atoms with E-state index in [1.165, 1.54) is 28.2 Å². The summed E-state index contributed by atoms with van der Waals surface area (Å²) < 4.78 is 5.86. The molecule has 1 aliphatic carbocycles. The standard InChI is InChI=1S/C37H45N3O5/c1-24(2)10-7-11-25(3)12-8-13-26(4)20-21-40-31-22-29(41)23-32(42)35(31)38-34-30(36(40)43)14-9-15-33(34)45-37(44)27-16-18-28(19-17-27)39(5)6/h10,12,14,16-20,22-23,38,41-42H,7-9,11,13,15,21H2,1-6H3/b25-12+,26-20+. The van der Waals surface area contributed by atoms with Crippen LogP contribution in [0.4, 0.5) is 17.1 Å². The van der Waals surface area contributed by atoms with E-state index in [-0.39, 0.29) is 29.6 Å². The number of allylic oxidation sites excluding steroid dienone is 7. The van der Waals surface area contributed by atoms with Crippen molar-refractivity contribution < 1.29 is 24.5 Å². The molecule has 3 N–H and O–H groups in total. The van der Waals surface area contributed by atoms with Crippen LogP contribution < -0.4 is 15.1 Å². The van der Waals surface area contributed by atoms with Crippen molar-refractivity contribution in [1.82, 2.24) is 0 Å². The Morgan fingerprint density at radius 2 is 1.64 bits per heavy atom. The van der Waals surface area contributed by atoms with Crippen LogP contribution in [0.1, 0.15) is 76.6 Å². The summed E-state index contributed by atoms with van der Waals surface area (Å²) in [5.74, 6) is -0.915. The molecule has 8 nitrogen and oxygen atoms in total. The number of benzene rings is 2. The number of rotatable bonds is 11. The second-order valence-corrected chi connectivity index (χ2v) is 12.1. The molecule has 2 aromatic carbocycles. The van der Waals surface area contributed by atoms with Gasteiger partial charge < -0.3 is 30.1 Å². The number of carbonyl (C=O) groups is 2. The van der Waals surface area contributed by atoms with Gasteiger partial charge in [0, 0.05) is 44.9 Å². The number of phenols is 2. The zero-order valence-electron chi connectivity index (χ0n) is 27.2. The van der Waals surface area contributed by atoms with Gasteiger partial charge in [0.25, 0.3) is 5.91 Å². The fraction of sp³-hybridized carbons (Fsp3) is 0.351. The number of aromatic hydroxyl groups is 2. The van der Waals surface area contributed by atoms with Crippen LogP contribution in [0.15, 0.2) is 94.5 Å². The molecule has 8 heteroatoms. The predicted molar refractivity (Wildman–Crippen MR) is 182 cm³/mol. The van der Waals surface area contributed by atoms with Crippen LogP contribution in [0.2, 0.25) is 0 Å². The van der Waals surface area contributed by atoms with Crippen molar-refractivity contribution in [3.8, 4) is 11.5 Å². The molecule has 0 unspecified atom stereocenters. The van der Waals surface area contributed by atoms with E-state index in [9.17, 15) is 19.8 Å². The Morgan fingerprint density at radius 1 is 0.978 bits per heavy atom. The Morgan fingerprint density at radius 3 is 2.31 bits per heavy atom. The number of fused-ring (bicyclic) bond motifs is 2. The van der Waals surface area contributed by atoms with Gasteiger partial charge in [-0.1, -0.05) is 41.0 Å². The molecule has 0 fully saturated rings. The minimum Gasteiger partial charge on any atom is -0.508 e. The first-order valence-electron chi connectivity index (χ1n) is 15.5. The number of hydrogen-bond acceptors (Lipinski definition) is 7. The lowest BCUT2D eigenvalue weighted by Gasteiger charge is -2.23. The molecule has 0 spiro atoms. The van der Waals surface area contributed by atoms with E-state index in [0.717, 1.165) is 36.9 Å². The van der Waals surface area contributed by atoms with Gasteiger partial charge in [-0.05, 0) is 84.1 Å². The quantitative estimate of drug-likeness (QED) is 0.102. The van der Waals surface area contributed by atoms with E-state index < -0.39 is 5.97 Å². The summed E-state index contributed by atoms with van der Waals surface area (Å²) in [6.07, 6.45) is 13.1. The highest BCUT2D eigenvalue weighted by Gasteiger charge is 2.34. The van der Waals surface area contributed by atoms with E-state index in [1.54, 1.807) is 12.1 Å². The smallest absolute Gasteiger partial charge is 0.343 e. The van der Waals surface area contributed by atoms with Gasteiger partial charge in [0.2, 0.25) is 0 Å². The van der Waals surface area contributed by atoms with Crippen molar-refractivity contribution in [3.63, 3.8) is 0 Å². The molecule has 1 heterocycles. The van der Waals surface area contributed by atoms with Gasteiger partial charge in [-0.2, -0.15) is 0 Å². The average Bonchev–Trinajstić information content (AvgIpc) is 3.10. The molecule has 2 aromatic rings. The number of anilines is 3. The van der Waals surface area contributed by atoms with Gasteiger partial charge in [0.1, 0.15) is 22.9 Å². The Balaban J connectivity index is 1.57. The van der Waals surface area contributed by atoms with Gasteiger partial charge in [-0.3, -0.25) is 4.79 Å². The third-order valence-corrected chi connectivity index (χ3v) is 7.95. The van der Waals surface area contributed by atoms with Crippen LogP contribution in [-0.4, -0.2) is 42.7 Å². The van der Waals surface area contributed by atoms with Gasteiger partial charge in [-0.25, -0.2) is 4.79 Å². The molecular weight excluding hydrogens is 566 g/mol. The van der Waals surface area contributed by atoms with Crippen LogP contribution in [-0.2, 0) is 9.53 Å². The monoisotopic (exact) mass is 611 g/mol. The number of carbonyl (C=O) groups excluding carboxylic acids is 2. The van der Waals surface area contributed by atoms with Crippen LogP contribution in [0, 0.1) is 0 Å². The van der Waals surface area contributed by atoms with Crippen molar-refractivity contribution in [1.29, 1.82) is 0 Å². The highest BCUT2D eigenvalue weighted by Crippen LogP contribution is 2.44. The minimum absolute atomic E-state index is 0.166. The Bertz CT molecular complexity index is 1590. The van der Waals surface area contributed by atoms with Gasteiger partial charge >= 0.3 is 5.97 Å². The molecule has 45 heavy (non-hydrogen) atoms. The predicted octanol–water partition coefficient (Wildman–Crippen LogP) is 8.13. The second kappa shape index (κ2) is 14.8. The number of nitrogens with zero attached hydrogens (tertiary/aromatic N) is 2. The topological polar surface area (TPSA) is 102 Å². The number of ether oxygens (including phenoxy) is 1. The lowest BCUT2D eigenvalue weighted by Crippen LogP contribution is -2.32. The molecule has 1 aliphatic heterocycles. The van der Waals surface area contributed by atoms with Crippen molar-refractivity contribution in [2.24, 2.45) is 0 Å². The van der Waals surface area contributed by atoms with E-state index >= 15 is 0 Å². The van der Waals surface area contributed by atoms with Gasteiger partial charge in [-0.15, -0.1) is 0 Å². The summed E-state index contributed by atoms with van der Waals surface area (Å²) in [7, 11) is 3.84. The van der Waals surface area contributed by atoms with Crippen LogP contribution in [0.3, 0.4) is 0 Å². The number of nitrogens with one attached hydrogen (secondary N) is 1. The molecule has 0 aromatic heterocycles. The van der Waals surface area contributed by atoms with E-state index in [0.29, 0.717) is 41.1 Å². The first-order chi connectivity index (χ1) is 21.4. The largest absolute Gasteiger partial charge is 0.508 e. The summed E-state index contributed by atoms with van der Waals surface area (Å²) in [4.78, 5) is 30.7. The number of hydrogen-bond donors (Lipinski definition) is 3. The summed E-state index contributed by atoms with van der Waals surface area (Å²) in [5.41, 5.74) is 6.44. The summed E-state index contributed by atoms with van der Waals surface area (Å²) in [5, 5.41) is 24.4. The number of esters is 1. The Kier molecular flexibility index (Phi) is 10.9. The normalized spacial score (nSPS) is 15.0. The molecule has 238 valence electrons. The maximum Gasteiger partial charge on any atom is 0.343 e. The fourth-order valence-electron chi connectivity index (χ4n) is 5.31. The van der Waals surface area contributed by atoms with E-state index in [4.69, 9.17) is 4.74 Å². The van der Waals surface area contributed by atoms with Crippen molar-refractivity contribution >= 4 is 28.9 Å². The lowest BCUT2D eigenvalue weighted by atomic mass is 10.0. The van der Waals surface area contributed by atoms with Gasteiger partial charge in [0.15, 0.2) is 0 Å². The Labute approximate surface area is 266 Å². The fourth-order valence-corrected chi connectivity index (χ4v) is 5.31. The first-order valence-corrected chi connectivity index (χ1v) is 15.5. The van der Waals surface area contributed by atoms with Crippen LogP contribution >= 0.6 is 0 Å². The first kappa shape index (κ1) is 33.2. The molecule has 0 bridgehead atoms. The highest BCUT2D eigenvalue weighted by atomic mass is 16.5.